The quantitative estimate of drug-likeness (QED) is 0.829. The van der Waals surface area contributed by atoms with E-state index in [1.807, 2.05) is 29.2 Å². The second kappa shape index (κ2) is 8.15. The first-order chi connectivity index (χ1) is 10.5. The third kappa shape index (κ3) is 5.66. The van der Waals surface area contributed by atoms with Crippen molar-refractivity contribution in [2.45, 2.75) is 31.7 Å². The molecule has 1 aromatic carbocycles. The van der Waals surface area contributed by atoms with Crippen molar-refractivity contribution in [2.75, 3.05) is 19.6 Å². The first kappa shape index (κ1) is 16.8. The average molecular weight is 324 g/mol. The molecule has 2 rings (SSSR count). The largest absolute Gasteiger partial charge is 0.369 e. The lowest BCUT2D eigenvalue weighted by molar-refractivity contribution is -0.123. The summed E-state index contributed by atoms with van der Waals surface area (Å²) in [5.41, 5.74) is 6.25. The third-order valence-electron chi connectivity index (χ3n) is 3.86. The minimum Gasteiger partial charge on any atom is -0.369 e. The number of benzene rings is 1. The molecule has 1 aliphatic rings. The molecule has 2 amide bonds. The Morgan fingerprint density at radius 1 is 1.32 bits per heavy atom. The molecule has 0 spiro atoms. The Labute approximate surface area is 135 Å². The van der Waals surface area contributed by atoms with Crippen LogP contribution in [0, 0.1) is 0 Å². The van der Waals surface area contributed by atoms with E-state index >= 15 is 0 Å². The van der Waals surface area contributed by atoms with Gasteiger partial charge in [-0.2, -0.15) is 0 Å². The highest BCUT2D eigenvalue weighted by atomic mass is 35.5. The number of likely N-dealkylation sites (tertiary alicyclic amines) is 1. The number of aryl methyl sites for hydroxylation is 1. The maximum atomic E-state index is 12.0. The van der Waals surface area contributed by atoms with Gasteiger partial charge in [0.2, 0.25) is 11.8 Å². The van der Waals surface area contributed by atoms with Gasteiger partial charge in [-0.3, -0.25) is 14.5 Å². The number of amides is 2. The van der Waals surface area contributed by atoms with E-state index in [-0.39, 0.29) is 17.9 Å². The predicted octanol–water partition coefficient (Wildman–Crippen LogP) is 1.34. The highest BCUT2D eigenvalue weighted by molar-refractivity contribution is 6.30. The van der Waals surface area contributed by atoms with Gasteiger partial charge in [0.15, 0.2) is 0 Å². The number of nitrogens with one attached hydrogen (secondary N) is 1. The van der Waals surface area contributed by atoms with E-state index in [9.17, 15) is 9.59 Å². The van der Waals surface area contributed by atoms with Gasteiger partial charge in [-0.15, -0.1) is 0 Å². The van der Waals surface area contributed by atoms with Crippen LogP contribution < -0.4 is 11.1 Å². The number of nitrogens with zero attached hydrogens (tertiary/aromatic N) is 1. The van der Waals surface area contributed by atoms with Gasteiger partial charge < -0.3 is 11.1 Å². The summed E-state index contributed by atoms with van der Waals surface area (Å²) < 4.78 is 0. The molecule has 0 radical (unpaired) electrons. The third-order valence-corrected chi connectivity index (χ3v) is 4.10. The topological polar surface area (TPSA) is 75.4 Å². The van der Waals surface area contributed by atoms with Gasteiger partial charge >= 0.3 is 0 Å². The van der Waals surface area contributed by atoms with Crippen LogP contribution in [0.2, 0.25) is 5.02 Å². The Morgan fingerprint density at radius 3 is 2.68 bits per heavy atom. The number of hydrogen-bond donors (Lipinski definition) is 2. The van der Waals surface area contributed by atoms with Gasteiger partial charge in [-0.1, -0.05) is 23.7 Å². The summed E-state index contributed by atoms with van der Waals surface area (Å²) in [7, 11) is 0. The molecule has 1 fully saturated rings. The molecular formula is C16H22ClN3O2. The van der Waals surface area contributed by atoms with Crippen LogP contribution in [-0.2, 0) is 16.0 Å². The monoisotopic (exact) mass is 323 g/mol. The Morgan fingerprint density at radius 2 is 2.05 bits per heavy atom. The maximum absolute atomic E-state index is 12.0. The normalized spacial score (nSPS) is 16.4. The lowest BCUT2D eigenvalue weighted by Crippen LogP contribution is -2.46. The zero-order valence-corrected chi connectivity index (χ0v) is 13.3. The Bertz CT molecular complexity index is 528. The van der Waals surface area contributed by atoms with E-state index in [1.165, 1.54) is 0 Å². The van der Waals surface area contributed by atoms with Crippen molar-refractivity contribution in [3.63, 3.8) is 0 Å². The second-order valence-electron chi connectivity index (χ2n) is 5.71. The fourth-order valence-corrected chi connectivity index (χ4v) is 2.92. The zero-order valence-electron chi connectivity index (χ0n) is 12.6. The molecule has 1 aromatic rings. The van der Waals surface area contributed by atoms with Crippen LogP contribution in [0.1, 0.15) is 24.8 Å². The summed E-state index contributed by atoms with van der Waals surface area (Å²) in [5, 5.41) is 3.76. The van der Waals surface area contributed by atoms with Crippen LogP contribution in [-0.4, -0.2) is 42.4 Å². The molecule has 6 heteroatoms. The Balaban J connectivity index is 1.69. The van der Waals surface area contributed by atoms with Crippen molar-refractivity contribution >= 4 is 23.4 Å². The minimum absolute atomic E-state index is 0.0633. The van der Waals surface area contributed by atoms with E-state index in [0.29, 0.717) is 24.4 Å². The van der Waals surface area contributed by atoms with Crippen LogP contribution in [0.4, 0.5) is 0 Å². The van der Waals surface area contributed by atoms with Gasteiger partial charge in [-0.05, 0) is 37.0 Å². The molecule has 0 saturated carbocycles. The lowest BCUT2D eigenvalue weighted by Gasteiger charge is -2.31. The highest BCUT2D eigenvalue weighted by Crippen LogP contribution is 2.13. The molecule has 0 bridgehead atoms. The molecule has 0 aromatic heterocycles. The summed E-state index contributed by atoms with van der Waals surface area (Å²) in [5.74, 6) is -0.239. The molecular weight excluding hydrogens is 302 g/mol. The number of carbonyl (C=O) groups excluding carboxylic acids is 2. The summed E-state index contributed by atoms with van der Waals surface area (Å²) in [6, 6.07) is 7.77. The van der Waals surface area contributed by atoms with Gasteiger partial charge in [0.1, 0.15) is 0 Å². The molecule has 0 aliphatic carbocycles. The molecule has 5 nitrogen and oxygen atoms in total. The molecule has 22 heavy (non-hydrogen) atoms. The smallest absolute Gasteiger partial charge is 0.231 e. The fourth-order valence-electron chi connectivity index (χ4n) is 2.71. The van der Waals surface area contributed by atoms with Gasteiger partial charge in [-0.25, -0.2) is 0 Å². The molecule has 1 heterocycles. The summed E-state index contributed by atoms with van der Waals surface area (Å²) >= 11 is 5.93. The highest BCUT2D eigenvalue weighted by Gasteiger charge is 2.21. The summed E-state index contributed by atoms with van der Waals surface area (Å²) in [6.45, 7) is 1.89. The van der Waals surface area contributed by atoms with Crippen molar-refractivity contribution in [2.24, 2.45) is 5.73 Å². The van der Waals surface area contributed by atoms with Gasteiger partial charge in [0.05, 0.1) is 6.54 Å². The van der Waals surface area contributed by atoms with Crippen LogP contribution in [0.5, 0.6) is 0 Å². The number of piperidine rings is 1. The number of primary amides is 1. The fraction of sp³-hybridized carbons (Fsp3) is 0.500. The molecule has 1 saturated heterocycles. The van der Waals surface area contributed by atoms with Crippen LogP contribution in [0.3, 0.4) is 0 Å². The number of halogens is 1. The van der Waals surface area contributed by atoms with E-state index in [0.717, 1.165) is 31.5 Å². The van der Waals surface area contributed by atoms with Gasteiger partial charge in [0.25, 0.3) is 0 Å². The van der Waals surface area contributed by atoms with E-state index in [4.69, 9.17) is 17.3 Å². The van der Waals surface area contributed by atoms with Crippen molar-refractivity contribution in [1.82, 2.24) is 10.2 Å². The van der Waals surface area contributed by atoms with Crippen molar-refractivity contribution in [1.29, 1.82) is 0 Å². The number of carbonyl (C=O) groups is 2. The Kier molecular flexibility index (Phi) is 6.21. The summed E-state index contributed by atoms with van der Waals surface area (Å²) in [6.07, 6.45) is 2.86. The Hall–Kier alpha value is -1.59. The van der Waals surface area contributed by atoms with Crippen molar-refractivity contribution < 1.29 is 9.59 Å². The van der Waals surface area contributed by atoms with Gasteiger partial charge in [0, 0.05) is 30.6 Å². The lowest BCUT2D eigenvalue weighted by atomic mass is 10.0. The summed E-state index contributed by atoms with van der Waals surface area (Å²) in [4.78, 5) is 24.9. The van der Waals surface area contributed by atoms with Crippen molar-refractivity contribution in [3.8, 4) is 0 Å². The standard InChI is InChI=1S/C16H22ClN3O2/c17-13-3-1-2-12(10-13)4-5-16(22)19-14-6-8-20(9-7-14)11-15(18)21/h1-3,10,14H,4-9,11H2,(H2,18,21)(H,19,22). The molecule has 3 N–H and O–H groups in total. The maximum Gasteiger partial charge on any atom is 0.231 e. The predicted molar refractivity (Wildman–Crippen MR) is 86.6 cm³/mol. The van der Waals surface area contributed by atoms with Crippen LogP contribution in [0.15, 0.2) is 24.3 Å². The molecule has 0 atom stereocenters. The molecule has 0 unspecified atom stereocenters. The first-order valence-electron chi connectivity index (χ1n) is 7.57. The van der Waals surface area contributed by atoms with Crippen LogP contribution >= 0.6 is 11.6 Å². The second-order valence-corrected chi connectivity index (χ2v) is 6.15. The number of rotatable bonds is 6. The molecule has 1 aliphatic heterocycles. The zero-order chi connectivity index (χ0) is 15.9. The van der Waals surface area contributed by atoms with E-state index in [2.05, 4.69) is 5.32 Å². The SMILES string of the molecule is NC(=O)CN1CCC(NC(=O)CCc2cccc(Cl)c2)CC1. The number of hydrogen-bond acceptors (Lipinski definition) is 3. The minimum atomic E-state index is -0.302. The van der Waals surface area contributed by atoms with Crippen molar-refractivity contribution in [3.05, 3.63) is 34.9 Å². The van der Waals surface area contributed by atoms with E-state index in [1.54, 1.807) is 0 Å². The first-order valence-corrected chi connectivity index (χ1v) is 7.95. The average Bonchev–Trinajstić information content (AvgIpc) is 2.47. The van der Waals surface area contributed by atoms with Crippen LogP contribution in [0.25, 0.3) is 0 Å². The number of nitrogens with two attached hydrogens (primary N) is 1. The molecule has 120 valence electrons. The van der Waals surface area contributed by atoms with E-state index < -0.39 is 0 Å².